The fourth-order valence-corrected chi connectivity index (χ4v) is 3.81. The van der Waals surface area contributed by atoms with Gasteiger partial charge in [-0.05, 0) is 49.9 Å². The Hall–Kier alpha value is -2.92. The van der Waals surface area contributed by atoms with Crippen LogP contribution >= 0.6 is 11.6 Å². The van der Waals surface area contributed by atoms with E-state index in [-0.39, 0.29) is 17.9 Å². The van der Waals surface area contributed by atoms with Crippen LogP contribution in [0.4, 0.5) is 11.9 Å². The van der Waals surface area contributed by atoms with Gasteiger partial charge in [0.2, 0.25) is 17.8 Å². The van der Waals surface area contributed by atoms with E-state index in [0.29, 0.717) is 41.3 Å². The quantitative estimate of drug-likeness (QED) is 0.666. The SMILES string of the molecule is CNc1nc(C)nc(N[C@@H]2CCC[C@H](C(=O)NCc3cc(Cl)cc(C#N)c3)C2)n1. The van der Waals surface area contributed by atoms with Crippen LogP contribution in [0.1, 0.15) is 42.6 Å². The Bertz CT molecular complexity index is 928. The molecule has 1 amide bonds. The molecule has 1 saturated carbocycles. The monoisotopic (exact) mass is 413 g/mol. The first-order valence-corrected chi connectivity index (χ1v) is 9.99. The van der Waals surface area contributed by atoms with Gasteiger partial charge >= 0.3 is 0 Å². The molecule has 0 unspecified atom stereocenters. The number of nitriles is 1. The van der Waals surface area contributed by atoms with E-state index in [1.807, 2.05) is 6.92 Å². The van der Waals surface area contributed by atoms with Crippen LogP contribution in [0, 0.1) is 24.2 Å². The van der Waals surface area contributed by atoms with E-state index in [4.69, 9.17) is 16.9 Å². The summed E-state index contributed by atoms with van der Waals surface area (Å²) >= 11 is 6.03. The maximum absolute atomic E-state index is 12.7. The first kappa shape index (κ1) is 20.8. The highest BCUT2D eigenvalue weighted by molar-refractivity contribution is 6.30. The summed E-state index contributed by atoms with van der Waals surface area (Å²) in [6.45, 7) is 2.17. The van der Waals surface area contributed by atoms with Gasteiger partial charge in [0, 0.05) is 30.6 Å². The van der Waals surface area contributed by atoms with Crippen molar-refractivity contribution in [1.29, 1.82) is 5.26 Å². The summed E-state index contributed by atoms with van der Waals surface area (Å²) < 4.78 is 0. The number of hydrogen-bond acceptors (Lipinski definition) is 7. The van der Waals surface area contributed by atoms with E-state index < -0.39 is 0 Å². The Morgan fingerprint density at radius 3 is 2.79 bits per heavy atom. The van der Waals surface area contributed by atoms with Gasteiger partial charge in [0.1, 0.15) is 5.82 Å². The molecule has 29 heavy (non-hydrogen) atoms. The minimum Gasteiger partial charge on any atom is -0.357 e. The third kappa shape index (κ3) is 5.78. The van der Waals surface area contributed by atoms with Crippen molar-refractivity contribution in [3.8, 4) is 6.07 Å². The minimum absolute atomic E-state index is 0.0118. The lowest BCUT2D eigenvalue weighted by Gasteiger charge is -2.29. The van der Waals surface area contributed by atoms with Gasteiger partial charge in [-0.2, -0.15) is 20.2 Å². The number of aromatic nitrogens is 3. The molecule has 1 fully saturated rings. The van der Waals surface area contributed by atoms with Crippen molar-refractivity contribution >= 4 is 29.4 Å². The molecule has 0 bridgehead atoms. The predicted octanol–water partition coefficient (Wildman–Crippen LogP) is 3.03. The summed E-state index contributed by atoms with van der Waals surface area (Å²) in [6, 6.07) is 7.30. The maximum Gasteiger partial charge on any atom is 0.227 e. The highest BCUT2D eigenvalue weighted by Crippen LogP contribution is 2.26. The number of anilines is 2. The lowest BCUT2D eigenvalue weighted by molar-refractivity contribution is -0.126. The molecule has 0 aliphatic heterocycles. The Morgan fingerprint density at radius 2 is 2.03 bits per heavy atom. The van der Waals surface area contributed by atoms with Gasteiger partial charge in [0.05, 0.1) is 11.6 Å². The molecule has 1 aromatic carbocycles. The van der Waals surface area contributed by atoms with Crippen molar-refractivity contribution < 1.29 is 4.79 Å². The number of hydrogen-bond donors (Lipinski definition) is 3. The average molecular weight is 414 g/mol. The summed E-state index contributed by atoms with van der Waals surface area (Å²) in [5.74, 6) is 1.61. The molecule has 3 N–H and O–H groups in total. The van der Waals surface area contributed by atoms with Gasteiger partial charge < -0.3 is 16.0 Å². The Morgan fingerprint density at radius 1 is 1.24 bits per heavy atom. The van der Waals surface area contributed by atoms with Crippen LogP contribution in [0.2, 0.25) is 5.02 Å². The molecule has 9 heteroatoms. The van der Waals surface area contributed by atoms with Gasteiger partial charge in [-0.15, -0.1) is 0 Å². The van der Waals surface area contributed by atoms with Gasteiger partial charge in [-0.3, -0.25) is 4.79 Å². The van der Waals surface area contributed by atoms with Crippen molar-refractivity contribution in [2.24, 2.45) is 5.92 Å². The molecular formula is C20H24ClN7O. The maximum atomic E-state index is 12.7. The molecule has 3 rings (SSSR count). The normalized spacial score (nSPS) is 18.6. The lowest BCUT2D eigenvalue weighted by Crippen LogP contribution is -2.37. The van der Waals surface area contributed by atoms with E-state index in [2.05, 4.69) is 37.0 Å². The third-order valence-electron chi connectivity index (χ3n) is 4.90. The average Bonchev–Trinajstić information content (AvgIpc) is 2.71. The fourth-order valence-electron chi connectivity index (χ4n) is 3.55. The third-order valence-corrected chi connectivity index (χ3v) is 5.12. The summed E-state index contributed by atoms with van der Waals surface area (Å²) in [4.78, 5) is 25.5. The molecule has 2 aromatic rings. The Labute approximate surface area is 175 Å². The zero-order valence-corrected chi connectivity index (χ0v) is 17.3. The number of aryl methyl sites for hydroxylation is 1. The molecule has 2 atom stereocenters. The second-order valence-corrected chi connectivity index (χ2v) is 7.60. The minimum atomic E-state index is -0.0809. The zero-order valence-electron chi connectivity index (χ0n) is 16.5. The smallest absolute Gasteiger partial charge is 0.227 e. The van der Waals surface area contributed by atoms with E-state index in [1.165, 1.54) is 0 Å². The number of halogens is 1. The van der Waals surface area contributed by atoms with Crippen molar-refractivity contribution in [2.75, 3.05) is 17.7 Å². The number of nitrogens with zero attached hydrogens (tertiary/aromatic N) is 4. The van der Waals surface area contributed by atoms with Gasteiger partial charge in [0.15, 0.2) is 0 Å². The topological polar surface area (TPSA) is 116 Å². The standard InChI is InChI=1S/C20H24ClN7O/c1-12-25-19(23-2)28-20(26-12)27-17-5-3-4-15(9-17)18(29)24-11-14-6-13(10-22)7-16(21)8-14/h6-8,15,17H,3-5,9,11H2,1-2H3,(H,24,29)(H2,23,25,26,27,28)/t15-,17+/m0/s1. The van der Waals surface area contributed by atoms with E-state index in [0.717, 1.165) is 24.8 Å². The second kappa shape index (κ2) is 9.52. The van der Waals surface area contributed by atoms with Gasteiger partial charge in [-0.1, -0.05) is 18.0 Å². The Balaban J connectivity index is 1.57. The molecule has 0 spiro atoms. The van der Waals surface area contributed by atoms with Crippen LogP contribution in [-0.2, 0) is 11.3 Å². The number of rotatable bonds is 6. The Kier molecular flexibility index (Phi) is 6.83. The van der Waals surface area contributed by atoms with E-state index in [1.54, 1.807) is 25.2 Å². The largest absolute Gasteiger partial charge is 0.357 e. The van der Waals surface area contributed by atoms with Gasteiger partial charge in [-0.25, -0.2) is 0 Å². The molecule has 1 aliphatic carbocycles. The summed E-state index contributed by atoms with van der Waals surface area (Å²) in [5, 5.41) is 18.8. The van der Waals surface area contributed by atoms with Crippen LogP contribution in [-0.4, -0.2) is 33.9 Å². The van der Waals surface area contributed by atoms with Crippen LogP contribution in [0.15, 0.2) is 18.2 Å². The van der Waals surface area contributed by atoms with Crippen molar-refractivity contribution in [3.63, 3.8) is 0 Å². The number of carbonyl (C=O) groups excluding carboxylic acids is 1. The first-order chi connectivity index (χ1) is 14.0. The number of carbonyl (C=O) groups is 1. The molecule has 1 heterocycles. The summed E-state index contributed by atoms with van der Waals surface area (Å²) in [6.07, 6.45) is 3.48. The van der Waals surface area contributed by atoms with Crippen LogP contribution in [0.25, 0.3) is 0 Å². The fraction of sp³-hybridized carbons (Fsp3) is 0.450. The van der Waals surface area contributed by atoms with Gasteiger partial charge in [0.25, 0.3) is 0 Å². The van der Waals surface area contributed by atoms with Crippen LogP contribution < -0.4 is 16.0 Å². The highest BCUT2D eigenvalue weighted by atomic mass is 35.5. The lowest BCUT2D eigenvalue weighted by atomic mass is 9.85. The molecule has 152 valence electrons. The van der Waals surface area contributed by atoms with Crippen LogP contribution in [0.5, 0.6) is 0 Å². The molecule has 0 saturated heterocycles. The number of nitrogens with one attached hydrogen (secondary N) is 3. The molecule has 0 radical (unpaired) electrons. The van der Waals surface area contributed by atoms with E-state index in [9.17, 15) is 4.79 Å². The predicted molar refractivity (Wildman–Crippen MR) is 111 cm³/mol. The second-order valence-electron chi connectivity index (χ2n) is 7.16. The number of amides is 1. The first-order valence-electron chi connectivity index (χ1n) is 9.61. The molecule has 1 aromatic heterocycles. The molecule has 8 nitrogen and oxygen atoms in total. The summed E-state index contributed by atoms with van der Waals surface area (Å²) in [5.41, 5.74) is 1.30. The van der Waals surface area contributed by atoms with E-state index >= 15 is 0 Å². The van der Waals surface area contributed by atoms with Crippen molar-refractivity contribution in [2.45, 2.75) is 45.2 Å². The highest BCUT2D eigenvalue weighted by Gasteiger charge is 2.27. The summed E-state index contributed by atoms with van der Waals surface area (Å²) in [7, 11) is 1.76. The molecule has 1 aliphatic rings. The molecular weight excluding hydrogens is 390 g/mol. The zero-order chi connectivity index (χ0) is 20.8. The number of benzene rings is 1. The van der Waals surface area contributed by atoms with Crippen LogP contribution in [0.3, 0.4) is 0 Å². The van der Waals surface area contributed by atoms with Crippen molar-refractivity contribution in [1.82, 2.24) is 20.3 Å². The van der Waals surface area contributed by atoms with Crippen molar-refractivity contribution in [3.05, 3.63) is 40.2 Å².